The first-order chi connectivity index (χ1) is 12.1. The molecular formula is C17H21ClN4O2S. The fourth-order valence-corrected chi connectivity index (χ4v) is 3.57. The van der Waals surface area contributed by atoms with Gasteiger partial charge in [-0.25, -0.2) is 0 Å². The van der Waals surface area contributed by atoms with Crippen molar-refractivity contribution in [1.82, 2.24) is 20.1 Å². The number of rotatable bonds is 8. The number of ether oxygens (including phenoxy) is 1. The topological polar surface area (TPSA) is 69.0 Å². The third kappa shape index (κ3) is 4.46. The summed E-state index contributed by atoms with van der Waals surface area (Å²) in [5, 5.41) is 12.5. The molecular weight excluding hydrogens is 360 g/mol. The van der Waals surface area contributed by atoms with Crippen LogP contribution in [0.3, 0.4) is 0 Å². The number of aromatic nitrogens is 3. The predicted octanol–water partition coefficient (Wildman–Crippen LogP) is 3.46. The molecule has 0 spiro atoms. The van der Waals surface area contributed by atoms with Crippen molar-refractivity contribution in [2.75, 3.05) is 6.54 Å². The zero-order chi connectivity index (χ0) is 17.8. The quantitative estimate of drug-likeness (QED) is 0.710. The first-order valence-corrected chi connectivity index (χ1v) is 9.61. The van der Waals surface area contributed by atoms with Crippen molar-refractivity contribution in [1.29, 1.82) is 0 Å². The van der Waals surface area contributed by atoms with Crippen LogP contribution in [0.1, 0.15) is 38.6 Å². The van der Waals surface area contributed by atoms with Gasteiger partial charge in [0.25, 0.3) is 0 Å². The molecule has 0 unspecified atom stereocenters. The maximum Gasteiger partial charge on any atom is 0.233 e. The van der Waals surface area contributed by atoms with Crippen molar-refractivity contribution < 1.29 is 9.53 Å². The summed E-state index contributed by atoms with van der Waals surface area (Å²) in [6, 6.07) is 7.75. The van der Waals surface area contributed by atoms with Crippen molar-refractivity contribution >= 4 is 29.3 Å². The molecule has 134 valence electrons. The molecule has 1 fully saturated rings. The van der Waals surface area contributed by atoms with Gasteiger partial charge in [0, 0.05) is 12.6 Å². The maximum atomic E-state index is 12.0. The number of thioether (sulfide) groups is 1. The third-order valence-corrected chi connectivity index (χ3v) is 5.21. The van der Waals surface area contributed by atoms with E-state index in [0.717, 1.165) is 23.8 Å². The first-order valence-electron chi connectivity index (χ1n) is 8.35. The van der Waals surface area contributed by atoms with Crippen LogP contribution in [0.25, 0.3) is 0 Å². The van der Waals surface area contributed by atoms with Crippen LogP contribution in [0.5, 0.6) is 5.75 Å². The minimum Gasteiger partial charge on any atom is -0.484 e. The van der Waals surface area contributed by atoms with Gasteiger partial charge in [0.15, 0.2) is 11.0 Å². The highest BCUT2D eigenvalue weighted by molar-refractivity contribution is 8.00. The van der Waals surface area contributed by atoms with Gasteiger partial charge >= 0.3 is 0 Å². The Kier molecular flexibility index (Phi) is 5.86. The summed E-state index contributed by atoms with van der Waals surface area (Å²) in [7, 11) is 0. The van der Waals surface area contributed by atoms with Gasteiger partial charge in [0.2, 0.25) is 5.91 Å². The second-order valence-corrected chi connectivity index (χ2v) is 7.59. The fraction of sp³-hybridized carbons (Fsp3) is 0.471. The minimum atomic E-state index is -0.223. The van der Waals surface area contributed by atoms with Crippen molar-refractivity contribution in [2.45, 2.75) is 49.7 Å². The molecule has 0 radical (unpaired) electrons. The van der Waals surface area contributed by atoms with Gasteiger partial charge in [-0.15, -0.1) is 10.2 Å². The van der Waals surface area contributed by atoms with Crippen molar-refractivity contribution in [2.24, 2.45) is 0 Å². The van der Waals surface area contributed by atoms with E-state index in [2.05, 4.69) is 20.1 Å². The molecule has 1 aromatic heterocycles. The Balaban J connectivity index is 1.72. The van der Waals surface area contributed by atoms with Gasteiger partial charge in [-0.1, -0.05) is 35.5 Å². The summed E-state index contributed by atoms with van der Waals surface area (Å²) in [5.41, 5.74) is 0. The SMILES string of the molecule is CCNC(=O)[C@H](C)Sc1nnc(COc2ccccc2Cl)n1C1CC1. The average Bonchev–Trinajstić information content (AvgIpc) is 3.36. The molecule has 0 saturated heterocycles. The highest BCUT2D eigenvalue weighted by Crippen LogP contribution is 2.39. The number of nitrogens with one attached hydrogen (secondary N) is 1. The highest BCUT2D eigenvalue weighted by atomic mass is 35.5. The molecule has 2 aromatic rings. The lowest BCUT2D eigenvalue weighted by atomic mass is 10.3. The fourth-order valence-electron chi connectivity index (χ4n) is 2.42. The number of amides is 1. The Bertz CT molecular complexity index is 748. The molecule has 1 amide bonds. The maximum absolute atomic E-state index is 12.0. The summed E-state index contributed by atoms with van der Waals surface area (Å²) in [4.78, 5) is 12.0. The van der Waals surface area contributed by atoms with Crippen LogP contribution in [0, 0.1) is 0 Å². The van der Waals surface area contributed by atoms with Gasteiger partial charge < -0.3 is 10.1 Å². The molecule has 3 rings (SSSR count). The van der Waals surface area contributed by atoms with Crippen molar-refractivity contribution in [3.63, 3.8) is 0 Å². The lowest BCUT2D eigenvalue weighted by Gasteiger charge is -2.13. The first kappa shape index (κ1) is 18.1. The van der Waals surface area contributed by atoms with E-state index < -0.39 is 0 Å². The number of hydrogen-bond donors (Lipinski definition) is 1. The monoisotopic (exact) mass is 380 g/mol. The zero-order valence-electron chi connectivity index (χ0n) is 14.2. The van der Waals surface area contributed by atoms with Crippen LogP contribution in [0.4, 0.5) is 0 Å². The molecule has 1 saturated carbocycles. The van der Waals surface area contributed by atoms with Crippen LogP contribution in [0.2, 0.25) is 5.02 Å². The Hall–Kier alpha value is -1.73. The van der Waals surface area contributed by atoms with E-state index >= 15 is 0 Å². The Morgan fingerprint density at radius 3 is 2.88 bits per heavy atom. The molecule has 1 aliphatic carbocycles. The molecule has 1 heterocycles. The number of halogens is 1. The second-order valence-electron chi connectivity index (χ2n) is 5.87. The van der Waals surface area contributed by atoms with Crippen LogP contribution in [-0.2, 0) is 11.4 Å². The largest absolute Gasteiger partial charge is 0.484 e. The lowest BCUT2D eigenvalue weighted by molar-refractivity contribution is -0.120. The van der Waals surface area contributed by atoms with E-state index in [1.807, 2.05) is 32.0 Å². The molecule has 1 N–H and O–H groups in total. The number of benzene rings is 1. The summed E-state index contributed by atoms with van der Waals surface area (Å²) in [6.45, 7) is 4.70. The number of hydrogen-bond acceptors (Lipinski definition) is 5. The van der Waals surface area contributed by atoms with Gasteiger partial charge in [-0.3, -0.25) is 9.36 Å². The van der Waals surface area contributed by atoms with E-state index in [0.29, 0.717) is 30.0 Å². The molecule has 0 aliphatic heterocycles. The smallest absolute Gasteiger partial charge is 0.233 e. The van der Waals surface area contributed by atoms with Crippen LogP contribution >= 0.6 is 23.4 Å². The molecule has 6 nitrogen and oxygen atoms in total. The number of carbonyl (C=O) groups is 1. The normalized spacial score (nSPS) is 15.0. The van der Waals surface area contributed by atoms with Gasteiger partial charge in [-0.05, 0) is 38.8 Å². The molecule has 1 atom stereocenters. The summed E-state index contributed by atoms with van der Waals surface area (Å²) >= 11 is 7.56. The summed E-state index contributed by atoms with van der Waals surface area (Å²) in [6.07, 6.45) is 2.19. The van der Waals surface area contributed by atoms with E-state index in [1.165, 1.54) is 11.8 Å². The van der Waals surface area contributed by atoms with Gasteiger partial charge in [-0.2, -0.15) is 0 Å². The third-order valence-electron chi connectivity index (χ3n) is 3.84. The van der Waals surface area contributed by atoms with E-state index in [9.17, 15) is 4.79 Å². The van der Waals surface area contributed by atoms with Crippen molar-refractivity contribution in [3.05, 3.63) is 35.1 Å². The Labute approximate surface area is 156 Å². The molecule has 1 aliphatic rings. The molecule has 0 bridgehead atoms. The number of nitrogens with zero attached hydrogens (tertiary/aromatic N) is 3. The van der Waals surface area contributed by atoms with Gasteiger partial charge in [0.1, 0.15) is 12.4 Å². The van der Waals surface area contributed by atoms with E-state index in [-0.39, 0.29) is 11.2 Å². The van der Waals surface area contributed by atoms with Crippen LogP contribution in [0.15, 0.2) is 29.4 Å². The minimum absolute atomic E-state index is 0.00622. The second kappa shape index (κ2) is 8.10. The lowest BCUT2D eigenvalue weighted by Crippen LogP contribution is -2.30. The predicted molar refractivity (Wildman–Crippen MR) is 98.1 cm³/mol. The number of carbonyl (C=O) groups excluding carboxylic acids is 1. The standard InChI is InChI=1S/C17H21ClN4O2S/c1-3-19-16(23)11(2)25-17-21-20-15(22(17)12-8-9-12)10-24-14-7-5-4-6-13(14)18/h4-7,11-12H,3,8-10H2,1-2H3,(H,19,23)/t11-/m0/s1. The zero-order valence-corrected chi connectivity index (χ0v) is 15.8. The summed E-state index contributed by atoms with van der Waals surface area (Å²) < 4.78 is 7.90. The Morgan fingerprint density at radius 1 is 1.44 bits per heavy atom. The molecule has 25 heavy (non-hydrogen) atoms. The highest BCUT2D eigenvalue weighted by Gasteiger charge is 2.31. The molecule has 1 aromatic carbocycles. The average molecular weight is 381 g/mol. The van der Waals surface area contributed by atoms with E-state index in [4.69, 9.17) is 16.3 Å². The molecule has 8 heteroatoms. The van der Waals surface area contributed by atoms with Gasteiger partial charge in [0.05, 0.1) is 10.3 Å². The van der Waals surface area contributed by atoms with Crippen LogP contribution < -0.4 is 10.1 Å². The Morgan fingerprint density at radius 2 is 2.20 bits per heavy atom. The van der Waals surface area contributed by atoms with Crippen molar-refractivity contribution in [3.8, 4) is 5.75 Å². The van der Waals surface area contributed by atoms with E-state index in [1.54, 1.807) is 6.07 Å². The number of para-hydroxylation sites is 1. The van der Waals surface area contributed by atoms with Crippen LogP contribution in [-0.4, -0.2) is 32.5 Å². The summed E-state index contributed by atoms with van der Waals surface area (Å²) in [5.74, 6) is 1.39.